The highest BCUT2D eigenvalue weighted by Crippen LogP contribution is 2.31. The molecule has 0 saturated heterocycles. The normalized spacial score (nSPS) is 10.6. The van der Waals surface area contributed by atoms with Crippen LogP contribution in [0.2, 0.25) is 5.02 Å². The van der Waals surface area contributed by atoms with Gasteiger partial charge in [0.1, 0.15) is 5.75 Å². The molecule has 1 aromatic carbocycles. The van der Waals surface area contributed by atoms with Crippen LogP contribution in [0, 0.1) is 0 Å². The number of carbonyl (C=O) groups is 1. The van der Waals surface area contributed by atoms with Gasteiger partial charge in [0.05, 0.1) is 19.2 Å². The van der Waals surface area contributed by atoms with E-state index in [2.05, 4.69) is 0 Å². The molecule has 1 rings (SSSR count). The van der Waals surface area contributed by atoms with Crippen LogP contribution in [0.4, 0.5) is 0 Å². The number of ketones is 1. The van der Waals surface area contributed by atoms with Crippen molar-refractivity contribution in [3.05, 3.63) is 28.3 Å². The van der Waals surface area contributed by atoms with Gasteiger partial charge in [-0.15, -0.1) is 0 Å². The van der Waals surface area contributed by atoms with Crippen LogP contribution < -0.4 is 10.5 Å². The molecule has 0 bridgehead atoms. The summed E-state index contributed by atoms with van der Waals surface area (Å²) in [7, 11) is 1.53. The van der Waals surface area contributed by atoms with Crippen LogP contribution in [0.15, 0.2) is 12.1 Å². The van der Waals surface area contributed by atoms with Crippen LogP contribution in [-0.2, 0) is 0 Å². The first-order valence-electron chi connectivity index (χ1n) is 5.12. The molecule has 0 fully saturated rings. The smallest absolute Gasteiger partial charge is 0.180 e. The Morgan fingerprint density at radius 3 is 2.56 bits per heavy atom. The Kier molecular flexibility index (Phi) is 4.33. The SMILES string of the molecule is COc1cc(C(C)C)c(Cl)cc1C(=O)CN. The highest BCUT2D eigenvalue weighted by atomic mass is 35.5. The first kappa shape index (κ1) is 13.0. The number of benzene rings is 1. The molecule has 0 saturated carbocycles. The molecular formula is C12H16ClNO2. The van der Waals surface area contributed by atoms with E-state index < -0.39 is 0 Å². The molecule has 4 heteroatoms. The van der Waals surface area contributed by atoms with Gasteiger partial charge in [-0.3, -0.25) is 4.79 Å². The summed E-state index contributed by atoms with van der Waals surface area (Å²) in [6, 6.07) is 3.43. The average Bonchev–Trinajstić information content (AvgIpc) is 2.27. The van der Waals surface area contributed by atoms with Crippen molar-refractivity contribution in [1.29, 1.82) is 0 Å². The van der Waals surface area contributed by atoms with Gasteiger partial charge in [-0.25, -0.2) is 0 Å². The lowest BCUT2D eigenvalue weighted by atomic mass is 9.99. The van der Waals surface area contributed by atoms with Crippen LogP contribution in [0.5, 0.6) is 5.75 Å². The van der Waals surface area contributed by atoms with E-state index in [0.717, 1.165) is 5.56 Å². The molecule has 3 nitrogen and oxygen atoms in total. The van der Waals surface area contributed by atoms with Gasteiger partial charge in [0.15, 0.2) is 5.78 Å². The van der Waals surface area contributed by atoms with E-state index in [1.54, 1.807) is 12.1 Å². The minimum atomic E-state index is -0.172. The third-order valence-corrected chi connectivity index (χ3v) is 2.75. The highest BCUT2D eigenvalue weighted by molar-refractivity contribution is 6.32. The Bertz CT molecular complexity index is 402. The molecule has 0 atom stereocenters. The number of methoxy groups -OCH3 is 1. The van der Waals surface area contributed by atoms with Gasteiger partial charge in [-0.1, -0.05) is 25.4 Å². The fourth-order valence-corrected chi connectivity index (χ4v) is 1.89. The molecule has 0 aromatic heterocycles. The number of hydrogen-bond donors (Lipinski definition) is 1. The van der Waals surface area contributed by atoms with Crippen molar-refractivity contribution in [3.8, 4) is 5.75 Å². The molecule has 0 heterocycles. The molecule has 88 valence electrons. The lowest BCUT2D eigenvalue weighted by Crippen LogP contribution is -2.15. The maximum absolute atomic E-state index is 11.6. The minimum absolute atomic E-state index is 0.0479. The zero-order valence-electron chi connectivity index (χ0n) is 9.71. The largest absolute Gasteiger partial charge is 0.496 e. The van der Waals surface area contributed by atoms with Crippen molar-refractivity contribution < 1.29 is 9.53 Å². The number of hydrogen-bond acceptors (Lipinski definition) is 3. The van der Waals surface area contributed by atoms with Crippen LogP contribution in [0.25, 0.3) is 0 Å². The molecule has 16 heavy (non-hydrogen) atoms. The van der Waals surface area contributed by atoms with E-state index in [9.17, 15) is 4.79 Å². The quantitative estimate of drug-likeness (QED) is 0.825. The van der Waals surface area contributed by atoms with Crippen molar-refractivity contribution in [1.82, 2.24) is 0 Å². The zero-order valence-corrected chi connectivity index (χ0v) is 10.5. The predicted molar refractivity (Wildman–Crippen MR) is 65.5 cm³/mol. The Balaban J connectivity index is 3.32. The predicted octanol–water partition coefficient (Wildman–Crippen LogP) is 2.61. The highest BCUT2D eigenvalue weighted by Gasteiger charge is 2.15. The van der Waals surface area contributed by atoms with Gasteiger partial charge in [0, 0.05) is 5.02 Å². The van der Waals surface area contributed by atoms with Crippen molar-refractivity contribution in [2.75, 3.05) is 13.7 Å². The van der Waals surface area contributed by atoms with Gasteiger partial charge in [0.25, 0.3) is 0 Å². The third kappa shape index (κ3) is 2.54. The molecular weight excluding hydrogens is 226 g/mol. The molecule has 0 aliphatic rings. The van der Waals surface area contributed by atoms with E-state index in [-0.39, 0.29) is 18.2 Å². The summed E-state index contributed by atoms with van der Waals surface area (Å²) in [5.74, 6) is 0.640. The summed E-state index contributed by atoms with van der Waals surface area (Å²) in [6.45, 7) is 4.02. The Hall–Kier alpha value is -1.06. The molecule has 0 amide bonds. The van der Waals surface area contributed by atoms with Gasteiger partial charge < -0.3 is 10.5 Å². The van der Waals surface area contributed by atoms with Crippen molar-refractivity contribution >= 4 is 17.4 Å². The molecule has 1 aromatic rings. The average molecular weight is 242 g/mol. The monoisotopic (exact) mass is 241 g/mol. The van der Waals surface area contributed by atoms with E-state index in [4.69, 9.17) is 22.1 Å². The van der Waals surface area contributed by atoms with Crippen LogP contribution in [0.1, 0.15) is 35.7 Å². The van der Waals surface area contributed by atoms with Crippen LogP contribution in [0.3, 0.4) is 0 Å². The van der Waals surface area contributed by atoms with E-state index >= 15 is 0 Å². The van der Waals surface area contributed by atoms with E-state index in [0.29, 0.717) is 16.3 Å². The summed E-state index contributed by atoms with van der Waals surface area (Å²) in [5.41, 5.74) is 6.74. The van der Waals surface area contributed by atoms with Gasteiger partial charge in [0.2, 0.25) is 0 Å². The fraction of sp³-hybridized carbons (Fsp3) is 0.417. The van der Waals surface area contributed by atoms with E-state index in [1.165, 1.54) is 7.11 Å². The first-order valence-corrected chi connectivity index (χ1v) is 5.49. The second kappa shape index (κ2) is 5.32. The van der Waals surface area contributed by atoms with Crippen molar-refractivity contribution in [2.24, 2.45) is 5.73 Å². The summed E-state index contributed by atoms with van der Waals surface area (Å²) in [6.07, 6.45) is 0. The third-order valence-electron chi connectivity index (χ3n) is 2.43. The first-order chi connectivity index (χ1) is 7.51. The zero-order chi connectivity index (χ0) is 12.3. The summed E-state index contributed by atoms with van der Waals surface area (Å²) in [5, 5.41) is 0.576. The lowest BCUT2D eigenvalue weighted by molar-refractivity contribution is 0.0998. The van der Waals surface area contributed by atoms with Crippen molar-refractivity contribution in [2.45, 2.75) is 19.8 Å². The maximum Gasteiger partial charge on any atom is 0.180 e. The minimum Gasteiger partial charge on any atom is -0.496 e. The summed E-state index contributed by atoms with van der Waals surface area (Å²) < 4.78 is 5.18. The Labute approximate surface area is 101 Å². The maximum atomic E-state index is 11.6. The second-order valence-electron chi connectivity index (χ2n) is 3.86. The number of nitrogens with two attached hydrogens (primary N) is 1. The molecule has 0 unspecified atom stereocenters. The van der Waals surface area contributed by atoms with Crippen LogP contribution >= 0.6 is 11.6 Å². The Morgan fingerprint density at radius 2 is 2.12 bits per heavy atom. The van der Waals surface area contributed by atoms with Crippen LogP contribution in [-0.4, -0.2) is 19.4 Å². The molecule has 0 aliphatic heterocycles. The molecule has 2 N–H and O–H groups in total. The van der Waals surface area contributed by atoms with Gasteiger partial charge in [-0.2, -0.15) is 0 Å². The molecule has 0 radical (unpaired) electrons. The van der Waals surface area contributed by atoms with Gasteiger partial charge in [-0.05, 0) is 23.6 Å². The van der Waals surface area contributed by atoms with Gasteiger partial charge >= 0.3 is 0 Å². The Morgan fingerprint density at radius 1 is 1.50 bits per heavy atom. The number of halogens is 1. The lowest BCUT2D eigenvalue weighted by Gasteiger charge is -2.13. The number of Topliss-reactive ketones (excluding diaryl/α,β-unsaturated/α-hetero) is 1. The standard InChI is InChI=1S/C12H16ClNO2/c1-7(2)8-5-12(16-3)9(4-10(8)13)11(15)6-14/h4-5,7H,6,14H2,1-3H3. The van der Waals surface area contributed by atoms with E-state index in [1.807, 2.05) is 13.8 Å². The topological polar surface area (TPSA) is 52.3 Å². The second-order valence-corrected chi connectivity index (χ2v) is 4.26. The fourth-order valence-electron chi connectivity index (χ4n) is 1.51. The molecule has 0 spiro atoms. The number of ether oxygens (including phenoxy) is 1. The summed E-state index contributed by atoms with van der Waals surface area (Å²) >= 11 is 6.11. The molecule has 0 aliphatic carbocycles. The number of carbonyl (C=O) groups excluding carboxylic acids is 1. The van der Waals surface area contributed by atoms with Crippen molar-refractivity contribution in [3.63, 3.8) is 0 Å². The number of rotatable bonds is 4. The summed E-state index contributed by atoms with van der Waals surface area (Å²) in [4.78, 5) is 11.6.